The number of ether oxygens (including phenoxy) is 1. The summed E-state index contributed by atoms with van der Waals surface area (Å²) in [6, 6.07) is 15.6. The van der Waals surface area contributed by atoms with E-state index in [1.54, 1.807) is 0 Å². The molecule has 1 heterocycles. The fraction of sp³-hybridized carbons (Fsp3) is 0.409. The molecule has 1 aliphatic heterocycles. The van der Waals surface area contributed by atoms with Crippen LogP contribution in [0.5, 0.6) is 5.75 Å². The van der Waals surface area contributed by atoms with Crippen molar-refractivity contribution in [3.8, 4) is 5.75 Å². The molecule has 0 aliphatic carbocycles. The molecule has 150 valence electrons. The molecule has 1 saturated heterocycles. The van der Waals surface area contributed by atoms with Crippen LogP contribution in [0.15, 0.2) is 48.5 Å². The predicted octanol–water partition coefficient (Wildman–Crippen LogP) is 0.703. The van der Waals surface area contributed by atoms with E-state index in [2.05, 4.69) is 18.3 Å². The number of para-hydroxylation sites is 2. The van der Waals surface area contributed by atoms with E-state index in [0.717, 1.165) is 50.6 Å². The minimum Gasteiger partial charge on any atom is -0.486 e. The largest absolute Gasteiger partial charge is 0.486 e. The van der Waals surface area contributed by atoms with E-state index in [1.165, 1.54) is 15.4 Å². The molecule has 1 fully saturated rings. The summed E-state index contributed by atoms with van der Waals surface area (Å²) in [6.45, 7) is 8.36. The van der Waals surface area contributed by atoms with Crippen molar-refractivity contribution in [2.75, 3.05) is 51.2 Å². The van der Waals surface area contributed by atoms with Gasteiger partial charge in [0.2, 0.25) is 0 Å². The molecule has 5 nitrogen and oxygen atoms in total. The number of amides is 1. The first kappa shape index (κ1) is 20.6. The number of halogens is 1. The first-order chi connectivity index (χ1) is 13.7. The van der Waals surface area contributed by atoms with Gasteiger partial charge in [-0.3, -0.25) is 4.79 Å². The summed E-state index contributed by atoms with van der Waals surface area (Å²) in [5.74, 6) is 0.846. The Balaban J connectivity index is 1.37. The van der Waals surface area contributed by atoms with Crippen LogP contribution in [0, 0.1) is 0 Å². The molecule has 6 heteroatoms. The van der Waals surface area contributed by atoms with E-state index in [9.17, 15) is 4.79 Å². The van der Waals surface area contributed by atoms with Gasteiger partial charge in [-0.15, -0.1) is 0 Å². The van der Waals surface area contributed by atoms with Gasteiger partial charge in [0.15, 0.2) is 6.54 Å². The molecule has 0 unspecified atom stereocenters. The Morgan fingerprint density at radius 3 is 2.46 bits per heavy atom. The molecular weight excluding hydrogens is 374 g/mol. The minimum atomic E-state index is 0.0985. The molecule has 0 radical (unpaired) electrons. The normalized spacial score (nSPS) is 19.2. The summed E-state index contributed by atoms with van der Waals surface area (Å²) in [4.78, 5) is 15.3. The van der Waals surface area contributed by atoms with Crippen LogP contribution in [0.2, 0.25) is 5.02 Å². The van der Waals surface area contributed by atoms with Gasteiger partial charge in [-0.25, -0.2) is 0 Å². The second-order valence-corrected chi connectivity index (χ2v) is 7.67. The Morgan fingerprint density at radius 2 is 1.71 bits per heavy atom. The summed E-state index contributed by atoms with van der Waals surface area (Å²) >= 11 is 6.12. The number of rotatable bonds is 8. The Morgan fingerprint density at radius 1 is 1.04 bits per heavy atom. The Bertz CT molecular complexity index is 776. The zero-order valence-corrected chi connectivity index (χ0v) is 17.2. The number of piperazine rings is 1. The van der Waals surface area contributed by atoms with Crippen LogP contribution in [-0.4, -0.2) is 51.8 Å². The number of hydrogen-bond donors (Lipinski definition) is 3. The number of quaternary nitrogens is 2. The van der Waals surface area contributed by atoms with E-state index in [-0.39, 0.29) is 5.91 Å². The van der Waals surface area contributed by atoms with E-state index in [4.69, 9.17) is 16.3 Å². The molecule has 2 aromatic carbocycles. The van der Waals surface area contributed by atoms with Gasteiger partial charge in [-0.2, -0.15) is 0 Å². The number of aryl methyl sites for hydroxylation is 1. The molecule has 0 aromatic heterocycles. The van der Waals surface area contributed by atoms with Crippen LogP contribution in [0.25, 0.3) is 0 Å². The number of carbonyl (C=O) groups excluding carboxylic acids is 1. The maximum absolute atomic E-state index is 12.4. The van der Waals surface area contributed by atoms with Crippen LogP contribution < -0.4 is 19.9 Å². The van der Waals surface area contributed by atoms with Crippen molar-refractivity contribution in [2.24, 2.45) is 0 Å². The average molecular weight is 404 g/mol. The lowest BCUT2D eigenvalue weighted by atomic mass is 10.1. The highest BCUT2D eigenvalue weighted by atomic mass is 35.5. The van der Waals surface area contributed by atoms with Gasteiger partial charge in [-0.05, 0) is 30.2 Å². The number of anilines is 1. The van der Waals surface area contributed by atoms with Crippen LogP contribution in [0.4, 0.5) is 5.69 Å². The van der Waals surface area contributed by atoms with Gasteiger partial charge in [0.1, 0.15) is 45.1 Å². The van der Waals surface area contributed by atoms with Gasteiger partial charge in [0.05, 0.1) is 5.02 Å². The third-order valence-corrected chi connectivity index (χ3v) is 5.61. The van der Waals surface area contributed by atoms with Crippen LogP contribution in [0.3, 0.4) is 0 Å². The van der Waals surface area contributed by atoms with Crippen molar-refractivity contribution >= 4 is 23.2 Å². The number of hydrogen-bond acceptors (Lipinski definition) is 2. The van der Waals surface area contributed by atoms with Crippen LogP contribution in [0.1, 0.15) is 12.5 Å². The smallest absolute Gasteiger partial charge is 0.279 e. The Kier molecular flexibility index (Phi) is 7.71. The highest BCUT2D eigenvalue weighted by molar-refractivity contribution is 6.32. The fourth-order valence-corrected chi connectivity index (χ4v) is 3.81. The van der Waals surface area contributed by atoms with E-state index < -0.39 is 0 Å². The molecule has 0 saturated carbocycles. The number of nitrogens with one attached hydrogen (secondary N) is 3. The first-order valence-electron chi connectivity index (χ1n) is 10.1. The van der Waals surface area contributed by atoms with Gasteiger partial charge >= 0.3 is 0 Å². The van der Waals surface area contributed by atoms with Crippen molar-refractivity contribution in [1.82, 2.24) is 0 Å². The highest BCUT2D eigenvalue weighted by Gasteiger charge is 2.24. The summed E-state index contributed by atoms with van der Waals surface area (Å²) in [6.07, 6.45) is 0.918. The zero-order valence-electron chi connectivity index (χ0n) is 16.5. The molecule has 28 heavy (non-hydrogen) atoms. The summed E-state index contributed by atoms with van der Waals surface area (Å²) < 4.78 is 5.80. The van der Waals surface area contributed by atoms with Crippen molar-refractivity contribution < 1.29 is 19.3 Å². The fourth-order valence-electron chi connectivity index (χ4n) is 3.62. The quantitative estimate of drug-likeness (QED) is 0.607. The lowest BCUT2D eigenvalue weighted by Gasteiger charge is -2.29. The van der Waals surface area contributed by atoms with E-state index >= 15 is 0 Å². The van der Waals surface area contributed by atoms with Gasteiger partial charge in [0.25, 0.3) is 5.91 Å². The average Bonchev–Trinajstić information content (AvgIpc) is 2.71. The standard InChI is InChI=1S/C22H28ClN3O2/c1-2-18-7-3-5-9-20(18)24-22(27)17-26-13-11-25(12-14-26)15-16-28-21-10-6-4-8-19(21)23/h3-10H,2,11-17H2,1H3,(H,24,27)/p+2. The summed E-state index contributed by atoms with van der Waals surface area (Å²) in [7, 11) is 0. The summed E-state index contributed by atoms with van der Waals surface area (Å²) in [5, 5.41) is 3.73. The van der Waals surface area contributed by atoms with Crippen molar-refractivity contribution in [3.63, 3.8) is 0 Å². The Labute approximate surface area is 172 Å². The third-order valence-electron chi connectivity index (χ3n) is 5.30. The van der Waals surface area contributed by atoms with E-state index in [1.807, 2.05) is 42.5 Å². The van der Waals surface area contributed by atoms with Gasteiger partial charge in [0, 0.05) is 5.69 Å². The number of carbonyl (C=O) groups is 1. The minimum absolute atomic E-state index is 0.0985. The molecule has 0 atom stereocenters. The molecule has 3 rings (SSSR count). The maximum atomic E-state index is 12.4. The van der Waals surface area contributed by atoms with Crippen molar-refractivity contribution in [2.45, 2.75) is 13.3 Å². The zero-order chi connectivity index (χ0) is 19.8. The second-order valence-electron chi connectivity index (χ2n) is 7.26. The molecule has 1 aliphatic rings. The Hall–Kier alpha value is -2.08. The third kappa shape index (κ3) is 5.96. The molecule has 3 N–H and O–H groups in total. The predicted molar refractivity (Wildman–Crippen MR) is 113 cm³/mol. The lowest BCUT2D eigenvalue weighted by Crippen LogP contribution is -3.28. The monoisotopic (exact) mass is 403 g/mol. The first-order valence-corrected chi connectivity index (χ1v) is 10.5. The molecule has 2 aromatic rings. The molecule has 0 bridgehead atoms. The second kappa shape index (κ2) is 10.5. The molecule has 0 spiro atoms. The maximum Gasteiger partial charge on any atom is 0.279 e. The topological polar surface area (TPSA) is 47.2 Å². The number of benzene rings is 2. The SMILES string of the molecule is CCc1ccccc1NC(=O)C[NH+]1CC[NH+](CCOc2ccccc2Cl)CC1. The van der Waals surface area contributed by atoms with Crippen LogP contribution in [-0.2, 0) is 11.2 Å². The molecular formula is C22H30ClN3O2+2. The summed E-state index contributed by atoms with van der Waals surface area (Å²) in [5.41, 5.74) is 2.12. The highest BCUT2D eigenvalue weighted by Crippen LogP contribution is 2.22. The van der Waals surface area contributed by atoms with Gasteiger partial charge in [-0.1, -0.05) is 48.9 Å². The van der Waals surface area contributed by atoms with Crippen molar-refractivity contribution in [3.05, 3.63) is 59.1 Å². The van der Waals surface area contributed by atoms with Crippen LogP contribution >= 0.6 is 11.6 Å². The van der Waals surface area contributed by atoms with E-state index in [0.29, 0.717) is 18.2 Å². The lowest BCUT2D eigenvalue weighted by molar-refractivity contribution is -1.01. The molecule has 1 amide bonds. The van der Waals surface area contributed by atoms with Crippen molar-refractivity contribution in [1.29, 1.82) is 0 Å². The van der Waals surface area contributed by atoms with Gasteiger partial charge < -0.3 is 19.9 Å².